The zero-order chi connectivity index (χ0) is 13.2. The fourth-order valence-corrected chi connectivity index (χ4v) is 1.43. The summed E-state index contributed by atoms with van der Waals surface area (Å²) < 4.78 is 37.8. The van der Waals surface area contributed by atoms with E-state index in [0.717, 1.165) is 0 Å². The van der Waals surface area contributed by atoms with Crippen molar-refractivity contribution in [2.75, 3.05) is 5.88 Å². The van der Waals surface area contributed by atoms with Crippen molar-refractivity contribution in [1.82, 2.24) is 0 Å². The summed E-state index contributed by atoms with van der Waals surface area (Å²) >= 11 is 5.18. The predicted octanol–water partition coefficient (Wildman–Crippen LogP) is 2.70. The van der Waals surface area contributed by atoms with Crippen LogP contribution in [-0.2, 0) is 6.18 Å². The lowest BCUT2D eigenvalue weighted by Gasteiger charge is -2.13. The van der Waals surface area contributed by atoms with Crippen LogP contribution in [0.5, 0.6) is 5.75 Å². The van der Waals surface area contributed by atoms with Crippen molar-refractivity contribution in [1.29, 1.82) is 5.26 Å². The van der Waals surface area contributed by atoms with Gasteiger partial charge < -0.3 is 5.11 Å². The molecule has 3 nitrogen and oxygen atoms in total. The summed E-state index contributed by atoms with van der Waals surface area (Å²) in [4.78, 5) is 11.3. The summed E-state index contributed by atoms with van der Waals surface area (Å²) in [5.41, 5.74) is -2.89. The molecular formula is C10H5ClF3NO2. The Kier molecular flexibility index (Phi) is 3.63. The Bertz CT molecular complexity index is 505. The predicted molar refractivity (Wildman–Crippen MR) is 52.9 cm³/mol. The van der Waals surface area contributed by atoms with Crippen LogP contribution in [0.1, 0.15) is 21.5 Å². The smallest absolute Gasteiger partial charge is 0.417 e. The Morgan fingerprint density at radius 2 is 2.06 bits per heavy atom. The highest BCUT2D eigenvalue weighted by Crippen LogP contribution is 2.36. The molecule has 90 valence electrons. The molecule has 0 fully saturated rings. The van der Waals surface area contributed by atoms with Crippen LogP contribution in [0.25, 0.3) is 0 Å². The van der Waals surface area contributed by atoms with E-state index in [0.29, 0.717) is 12.1 Å². The van der Waals surface area contributed by atoms with Crippen molar-refractivity contribution < 1.29 is 23.1 Å². The van der Waals surface area contributed by atoms with Crippen LogP contribution in [-0.4, -0.2) is 16.8 Å². The van der Waals surface area contributed by atoms with Crippen LogP contribution in [0.4, 0.5) is 13.2 Å². The maximum atomic E-state index is 12.6. The molecule has 7 heteroatoms. The molecule has 0 aliphatic rings. The van der Waals surface area contributed by atoms with Gasteiger partial charge in [0.25, 0.3) is 0 Å². The highest BCUT2D eigenvalue weighted by atomic mass is 35.5. The summed E-state index contributed by atoms with van der Waals surface area (Å²) in [6.45, 7) is 0. The number of phenols is 1. The van der Waals surface area contributed by atoms with E-state index in [1.165, 1.54) is 6.07 Å². The Hall–Kier alpha value is -1.74. The van der Waals surface area contributed by atoms with Gasteiger partial charge in [-0.1, -0.05) is 0 Å². The second-order valence-electron chi connectivity index (χ2n) is 3.05. The van der Waals surface area contributed by atoms with E-state index < -0.39 is 40.3 Å². The number of ketones is 1. The molecule has 0 aliphatic carbocycles. The monoisotopic (exact) mass is 263 g/mol. The number of benzene rings is 1. The van der Waals surface area contributed by atoms with Crippen LogP contribution in [0, 0.1) is 11.3 Å². The SMILES string of the molecule is N#Cc1c(O)ccc(C(F)(F)F)c1C(=O)CCl. The number of carbonyl (C=O) groups excluding carboxylic acids is 1. The minimum Gasteiger partial charge on any atom is -0.507 e. The van der Waals surface area contributed by atoms with Crippen molar-refractivity contribution >= 4 is 17.4 Å². The minimum atomic E-state index is -4.80. The van der Waals surface area contributed by atoms with Gasteiger partial charge in [0.15, 0.2) is 5.78 Å². The van der Waals surface area contributed by atoms with Gasteiger partial charge in [-0.2, -0.15) is 18.4 Å². The van der Waals surface area contributed by atoms with Gasteiger partial charge in [0, 0.05) is 0 Å². The Morgan fingerprint density at radius 1 is 1.47 bits per heavy atom. The molecule has 0 heterocycles. The number of rotatable bonds is 2. The third-order valence-electron chi connectivity index (χ3n) is 2.00. The van der Waals surface area contributed by atoms with Gasteiger partial charge in [0.2, 0.25) is 0 Å². The van der Waals surface area contributed by atoms with E-state index in [9.17, 15) is 23.1 Å². The van der Waals surface area contributed by atoms with E-state index in [1.807, 2.05) is 0 Å². The quantitative estimate of drug-likeness (QED) is 0.659. The summed E-state index contributed by atoms with van der Waals surface area (Å²) in [5.74, 6) is -2.46. The second-order valence-corrected chi connectivity index (χ2v) is 3.32. The summed E-state index contributed by atoms with van der Waals surface area (Å²) in [5, 5.41) is 17.9. The molecule has 0 spiro atoms. The highest BCUT2D eigenvalue weighted by Gasteiger charge is 2.37. The zero-order valence-electron chi connectivity index (χ0n) is 8.18. The Balaban J connectivity index is 3.65. The molecule has 0 aliphatic heterocycles. The molecule has 0 atom stereocenters. The Labute approximate surface area is 99.0 Å². The topological polar surface area (TPSA) is 61.1 Å². The van der Waals surface area contributed by atoms with E-state index in [1.54, 1.807) is 0 Å². The summed E-state index contributed by atoms with van der Waals surface area (Å²) in [6, 6.07) is 2.61. The third-order valence-corrected chi connectivity index (χ3v) is 2.24. The second kappa shape index (κ2) is 4.63. The number of alkyl halides is 4. The van der Waals surface area contributed by atoms with Gasteiger partial charge in [0.05, 0.1) is 17.0 Å². The normalized spacial score (nSPS) is 11.0. The van der Waals surface area contributed by atoms with Crippen LogP contribution >= 0.6 is 11.6 Å². The maximum Gasteiger partial charge on any atom is 0.417 e. The van der Waals surface area contributed by atoms with Crippen molar-refractivity contribution in [2.45, 2.75) is 6.18 Å². The molecular weight excluding hydrogens is 259 g/mol. The summed E-state index contributed by atoms with van der Waals surface area (Å²) in [6.07, 6.45) is -4.80. The van der Waals surface area contributed by atoms with Crippen molar-refractivity contribution in [2.24, 2.45) is 0 Å². The highest BCUT2D eigenvalue weighted by molar-refractivity contribution is 6.31. The first-order valence-corrected chi connectivity index (χ1v) is 4.78. The number of nitrogens with zero attached hydrogens (tertiary/aromatic N) is 1. The molecule has 1 N–H and O–H groups in total. The van der Waals surface area contributed by atoms with Crippen molar-refractivity contribution in [3.63, 3.8) is 0 Å². The number of aromatic hydroxyl groups is 1. The first-order chi connectivity index (χ1) is 7.82. The third kappa shape index (κ3) is 2.50. The number of carbonyl (C=O) groups is 1. The molecule has 1 aromatic carbocycles. The first kappa shape index (κ1) is 13.3. The molecule has 0 unspecified atom stereocenters. The molecule has 1 rings (SSSR count). The average molecular weight is 264 g/mol. The summed E-state index contributed by atoms with van der Waals surface area (Å²) in [7, 11) is 0. The number of hydrogen-bond acceptors (Lipinski definition) is 3. The van der Waals surface area contributed by atoms with E-state index in [2.05, 4.69) is 0 Å². The number of Topliss-reactive ketones (excluding diaryl/α,β-unsaturated/α-hetero) is 1. The van der Waals surface area contributed by atoms with Crippen LogP contribution < -0.4 is 0 Å². The molecule has 17 heavy (non-hydrogen) atoms. The first-order valence-electron chi connectivity index (χ1n) is 4.25. The van der Waals surface area contributed by atoms with Gasteiger partial charge in [-0.3, -0.25) is 4.79 Å². The fraction of sp³-hybridized carbons (Fsp3) is 0.200. The van der Waals surface area contributed by atoms with Gasteiger partial charge in [-0.15, -0.1) is 11.6 Å². The number of phenolic OH excluding ortho intramolecular Hbond substituents is 1. The van der Waals surface area contributed by atoms with Crippen LogP contribution in [0.15, 0.2) is 12.1 Å². The number of nitriles is 1. The average Bonchev–Trinajstić information content (AvgIpc) is 2.25. The Morgan fingerprint density at radius 3 is 2.47 bits per heavy atom. The van der Waals surface area contributed by atoms with Crippen molar-refractivity contribution in [3.05, 3.63) is 28.8 Å². The van der Waals surface area contributed by atoms with Gasteiger partial charge in [0.1, 0.15) is 17.4 Å². The van der Waals surface area contributed by atoms with E-state index in [-0.39, 0.29) is 0 Å². The largest absolute Gasteiger partial charge is 0.507 e. The lowest BCUT2D eigenvalue weighted by Crippen LogP contribution is -2.15. The molecule has 0 saturated carbocycles. The molecule has 0 amide bonds. The lowest BCUT2D eigenvalue weighted by atomic mass is 9.97. The van der Waals surface area contributed by atoms with E-state index in [4.69, 9.17) is 16.9 Å². The zero-order valence-corrected chi connectivity index (χ0v) is 8.93. The van der Waals surface area contributed by atoms with Crippen molar-refractivity contribution in [3.8, 4) is 11.8 Å². The fourth-order valence-electron chi connectivity index (χ4n) is 1.30. The molecule has 0 bridgehead atoms. The van der Waals surface area contributed by atoms with E-state index >= 15 is 0 Å². The van der Waals surface area contributed by atoms with Gasteiger partial charge >= 0.3 is 6.18 Å². The number of halogens is 4. The van der Waals surface area contributed by atoms with Crippen LogP contribution in [0.3, 0.4) is 0 Å². The standard InChI is InChI=1S/C10H5ClF3NO2/c11-3-8(17)9-5(4-15)7(16)2-1-6(9)10(12,13)14/h1-2,16H,3H2. The van der Waals surface area contributed by atoms with Crippen LogP contribution in [0.2, 0.25) is 0 Å². The van der Waals surface area contributed by atoms with Gasteiger partial charge in [-0.05, 0) is 12.1 Å². The minimum absolute atomic E-state index is 0.538. The number of hydrogen-bond donors (Lipinski definition) is 1. The molecule has 0 radical (unpaired) electrons. The molecule has 0 saturated heterocycles. The maximum absolute atomic E-state index is 12.6. The molecule has 0 aromatic heterocycles. The molecule has 1 aromatic rings. The van der Waals surface area contributed by atoms with Gasteiger partial charge in [-0.25, -0.2) is 0 Å². The lowest BCUT2D eigenvalue weighted by molar-refractivity contribution is -0.137.